The quantitative estimate of drug-likeness (QED) is 0.900. The summed E-state index contributed by atoms with van der Waals surface area (Å²) in [6.07, 6.45) is 1.65. The number of fused-ring (bicyclic) bond motifs is 1. The highest BCUT2D eigenvalue weighted by Crippen LogP contribution is 2.39. The van der Waals surface area contributed by atoms with Crippen LogP contribution in [0.1, 0.15) is 44.3 Å². The molecule has 2 aromatic rings. The minimum atomic E-state index is -0.477. The Morgan fingerprint density at radius 2 is 1.85 bits per heavy atom. The van der Waals surface area contributed by atoms with Gasteiger partial charge in [0, 0.05) is 24.1 Å². The van der Waals surface area contributed by atoms with E-state index in [1.807, 2.05) is 19.1 Å². The lowest BCUT2D eigenvalue weighted by Gasteiger charge is -2.30. The average molecular weight is 348 g/mol. The summed E-state index contributed by atoms with van der Waals surface area (Å²) in [5.41, 5.74) is 2.36. The van der Waals surface area contributed by atoms with Crippen molar-refractivity contribution in [3.8, 4) is 5.75 Å². The van der Waals surface area contributed by atoms with Crippen LogP contribution in [0.3, 0.4) is 0 Å². The molecular weight excluding hydrogens is 332 g/mol. The van der Waals surface area contributed by atoms with Gasteiger partial charge in [-0.1, -0.05) is 12.1 Å². The fourth-order valence-corrected chi connectivity index (χ4v) is 3.48. The molecule has 0 fully saturated rings. The van der Waals surface area contributed by atoms with Crippen LogP contribution in [0.15, 0.2) is 47.8 Å². The van der Waals surface area contributed by atoms with Gasteiger partial charge in [0.15, 0.2) is 5.78 Å². The van der Waals surface area contributed by atoms with Gasteiger partial charge in [-0.15, -0.1) is 0 Å². The molecule has 1 N–H and O–H groups in total. The first-order valence-electron chi connectivity index (χ1n) is 8.23. The normalized spacial score (nSPS) is 19.0. The Balaban J connectivity index is 1.87. The number of hydrogen-bond acceptors (Lipinski definition) is 5. The predicted molar refractivity (Wildman–Crippen MR) is 93.2 cm³/mol. The molecule has 1 amide bonds. The molecule has 26 heavy (non-hydrogen) atoms. The topological polar surface area (TPSA) is 85.4 Å². The molecule has 1 aromatic heterocycles. The van der Waals surface area contributed by atoms with E-state index in [0.29, 0.717) is 16.9 Å². The Hall–Kier alpha value is -3.28. The largest absolute Gasteiger partial charge is 0.497 e. The summed E-state index contributed by atoms with van der Waals surface area (Å²) >= 11 is 0. The van der Waals surface area contributed by atoms with Gasteiger partial charge in [-0.3, -0.25) is 19.4 Å². The number of allylic oxidation sites excluding steroid dienone is 2. The van der Waals surface area contributed by atoms with E-state index >= 15 is 0 Å². The second-order valence-electron chi connectivity index (χ2n) is 6.43. The molecule has 0 bridgehead atoms. The van der Waals surface area contributed by atoms with E-state index in [1.54, 1.807) is 31.5 Å². The van der Waals surface area contributed by atoms with Crippen molar-refractivity contribution < 1.29 is 19.1 Å². The number of ketones is 2. The van der Waals surface area contributed by atoms with E-state index < -0.39 is 11.7 Å². The highest BCUT2D eigenvalue weighted by molar-refractivity contribution is 6.28. The minimum absolute atomic E-state index is 0.0518. The molecule has 1 unspecified atom stereocenters. The molecule has 0 spiro atoms. The van der Waals surface area contributed by atoms with E-state index in [4.69, 9.17) is 4.74 Å². The standard InChI is InChI=1S/C20H16N2O4/c1-10-7-14-17(21-9-10)20(25)18-16(19(14)24)13(8-15(23)22-18)11-3-5-12(26-2)6-4-11/h3-7,9,13H,8H2,1-2H3,(H,22,23). The van der Waals surface area contributed by atoms with Crippen LogP contribution in [0.2, 0.25) is 0 Å². The average Bonchev–Trinajstić information content (AvgIpc) is 2.65. The minimum Gasteiger partial charge on any atom is -0.497 e. The monoisotopic (exact) mass is 348 g/mol. The summed E-state index contributed by atoms with van der Waals surface area (Å²) in [6, 6.07) is 8.85. The number of ether oxygens (including phenoxy) is 1. The van der Waals surface area contributed by atoms with Crippen molar-refractivity contribution in [3.63, 3.8) is 0 Å². The van der Waals surface area contributed by atoms with Crippen molar-refractivity contribution in [1.82, 2.24) is 10.3 Å². The number of benzene rings is 1. The van der Waals surface area contributed by atoms with Crippen LogP contribution in [0, 0.1) is 6.92 Å². The summed E-state index contributed by atoms with van der Waals surface area (Å²) in [5.74, 6) is -0.761. The van der Waals surface area contributed by atoms with Crippen LogP contribution in [0.4, 0.5) is 0 Å². The molecule has 6 nitrogen and oxygen atoms in total. The molecule has 2 heterocycles. The third kappa shape index (κ3) is 2.42. The molecule has 0 saturated carbocycles. The van der Waals surface area contributed by atoms with Crippen molar-refractivity contribution in [2.75, 3.05) is 7.11 Å². The van der Waals surface area contributed by atoms with Crippen LogP contribution in [-0.2, 0) is 4.79 Å². The maximum absolute atomic E-state index is 13.1. The number of carbonyl (C=O) groups excluding carboxylic acids is 3. The zero-order valence-corrected chi connectivity index (χ0v) is 14.3. The third-order valence-electron chi connectivity index (χ3n) is 4.75. The van der Waals surface area contributed by atoms with Gasteiger partial charge < -0.3 is 10.1 Å². The van der Waals surface area contributed by atoms with Crippen molar-refractivity contribution >= 4 is 17.5 Å². The van der Waals surface area contributed by atoms with Crippen LogP contribution >= 0.6 is 0 Å². The number of methoxy groups -OCH3 is 1. The Bertz CT molecular complexity index is 989. The Kier molecular flexibility index (Phi) is 3.68. The van der Waals surface area contributed by atoms with Crippen molar-refractivity contribution in [2.24, 2.45) is 0 Å². The maximum Gasteiger partial charge on any atom is 0.228 e. The SMILES string of the molecule is COc1ccc(C2CC(=O)NC3=C2C(=O)c2cc(C)cnc2C3=O)cc1. The smallest absolute Gasteiger partial charge is 0.228 e. The Morgan fingerprint density at radius 3 is 2.54 bits per heavy atom. The summed E-state index contributed by atoms with van der Waals surface area (Å²) in [7, 11) is 1.57. The van der Waals surface area contributed by atoms with Gasteiger partial charge >= 0.3 is 0 Å². The fourth-order valence-electron chi connectivity index (χ4n) is 3.48. The van der Waals surface area contributed by atoms with Crippen LogP contribution in [0.25, 0.3) is 0 Å². The first kappa shape index (κ1) is 16.2. The molecule has 0 saturated heterocycles. The molecule has 6 heteroatoms. The zero-order chi connectivity index (χ0) is 18.4. The molecule has 4 rings (SSSR count). The molecule has 1 aliphatic heterocycles. The number of nitrogens with zero attached hydrogens (tertiary/aromatic N) is 1. The molecule has 0 radical (unpaired) electrons. The van der Waals surface area contributed by atoms with E-state index in [1.165, 1.54) is 0 Å². The maximum atomic E-state index is 13.1. The Labute approximate surface area is 149 Å². The number of nitrogens with one attached hydrogen (secondary N) is 1. The van der Waals surface area contributed by atoms with Crippen molar-refractivity contribution in [1.29, 1.82) is 0 Å². The van der Waals surface area contributed by atoms with Crippen LogP contribution < -0.4 is 10.1 Å². The van der Waals surface area contributed by atoms with Gasteiger partial charge in [-0.05, 0) is 36.2 Å². The predicted octanol–water partition coefficient (Wildman–Crippen LogP) is 2.34. The number of aromatic nitrogens is 1. The lowest BCUT2D eigenvalue weighted by molar-refractivity contribution is -0.121. The second-order valence-corrected chi connectivity index (χ2v) is 6.43. The molecule has 1 atom stereocenters. The van der Waals surface area contributed by atoms with E-state index in [2.05, 4.69) is 10.3 Å². The van der Waals surface area contributed by atoms with Gasteiger partial charge in [0.25, 0.3) is 0 Å². The summed E-state index contributed by atoms with van der Waals surface area (Å²) in [4.78, 5) is 42.3. The molecule has 130 valence electrons. The number of aryl methyl sites for hydroxylation is 1. The van der Waals surface area contributed by atoms with Crippen molar-refractivity contribution in [2.45, 2.75) is 19.3 Å². The lowest BCUT2D eigenvalue weighted by atomic mass is 9.76. The van der Waals surface area contributed by atoms with Gasteiger partial charge in [-0.25, -0.2) is 0 Å². The van der Waals surface area contributed by atoms with Gasteiger partial charge in [0.1, 0.15) is 11.4 Å². The number of Topliss-reactive ketones (excluding diaryl/α,β-unsaturated/α-hetero) is 2. The summed E-state index contributed by atoms with van der Waals surface area (Å²) < 4.78 is 5.16. The summed E-state index contributed by atoms with van der Waals surface area (Å²) in [5, 5.41) is 2.58. The first-order chi connectivity index (χ1) is 12.5. The fraction of sp³-hybridized carbons (Fsp3) is 0.200. The molecular formula is C20H16N2O4. The summed E-state index contributed by atoms with van der Waals surface area (Å²) in [6.45, 7) is 1.82. The van der Waals surface area contributed by atoms with E-state index in [0.717, 1.165) is 11.1 Å². The van der Waals surface area contributed by atoms with Crippen molar-refractivity contribution in [3.05, 3.63) is 70.2 Å². The van der Waals surface area contributed by atoms with Crippen LogP contribution in [-0.4, -0.2) is 29.6 Å². The van der Waals surface area contributed by atoms with E-state index in [-0.39, 0.29) is 29.5 Å². The first-order valence-corrected chi connectivity index (χ1v) is 8.23. The van der Waals surface area contributed by atoms with Crippen LogP contribution in [0.5, 0.6) is 5.75 Å². The van der Waals surface area contributed by atoms with E-state index in [9.17, 15) is 14.4 Å². The molecule has 1 aliphatic carbocycles. The molecule has 1 aromatic carbocycles. The molecule has 2 aliphatic rings. The number of pyridine rings is 1. The van der Waals surface area contributed by atoms with Gasteiger partial charge in [0.05, 0.1) is 18.4 Å². The number of hydrogen-bond donors (Lipinski definition) is 1. The number of amides is 1. The Morgan fingerprint density at radius 1 is 1.12 bits per heavy atom. The third-order valence-corrected chi connectivity index (χ3v) is 4.75. The highest BCUT2D eigenvalue weighted by Gasteiger charge is 2.41. The lowest BCUT2D eigenvalue weighted by Crippen LogP contribution is -2.41. The van der Waals surface area contributed by atoms with Gasteiger partial charge in [0.2, 0.25) is 11.7 Å². The number of carbonyl (C=O) groups is 3. The highest BCUT2D eigenvalue weighted by atomic mass is 16.5. The second kappa shape index (κ2) is 5.91. The van der Waals surface area contributed by atoms with Gasteiger partial charge in [-0.2, -0.15) is 0 Å². The zero-order valence-electron chi connectivity index (χ0n) is 14.3. The number of rotatable bonds is 2.